The van der Waals surface area contributed by atoms with Crippen LogP contribution in [0.2, 0.25) is 0 Å². The molecule has 1 atom stereocenters. The van der Waals surface area contributed by atoms with Crippen molar-refractivity contribution in [3.8, 4) is 11.5 Å². The fourth-order valence-electron chi connectivity index (χ4n) is 5.88. The highest BCUT2D eigenvalue weighted by atomic mass is 19.1. The van der Waals surface area contributed by atoms with Crippen LogP contribution in [0, 0.1) is 6.42 Å². The zero-order chi connectivity index (χ0) is 28.1. The minimum atomic E-state index is -0.204. The molecule has 0 N–H and O–H groups in total. The first-order valence-electron chi connectivity index (χ1n) is 15.6. The number of aryl methyl sites for hydroxylation is 1. The number of hydrogen-bond acceptors (Lipinski definition) is 3. The van der Waals surface area contributed by atoms with E-state index < -0.39 is 0 Å². The summed E-state index contributed by atoms with van der Waals surface area (Å²) in [4.78, 5) is 0. The SMILES string of the molecule is FCCCC[CH]CCCCOc1ccc(C2=C(c3ccccc3)CCCc3cc(OC4CCCCO4)ccc32)cc1. The molecule has 5 rings (SSSR count). The fraction of sp³-hybridized carbons (Fsp3) is 0.432. The minimum Gasteiger partial charge on any atom is -0.494 e. The van der Waals surface area contributed by atoms with E-state index in [0.717, 1.165) is 88.7 Å². The quantitative estimate of drug-likeness (QED) is 0.185. The van der Waals surface area contributed by atoms with Gasteiger partial charge in [-0.15, -0.1) is 0 Å². The largest absolute Gasteiger partial charge is 0.494 e. The van der Waals surface area contributed by atoms with Crippen LogP contribution in [0.15, 0.2) is 72.8 Å². The molecule has 217 valence electrons. The first kappa shape index (κ1) is 29.4. The lowest BCUT2D eigenvalue weighted by molar-refractivity contribution is -0.105. The molecule has 1 saturated heterocycles. The van der Waals surface area contributed by atoms with Crippen molar-refractivity contribution >= 4 is 11.1 Å². The van der Waals surface area contributed by atoms with Crippen LogP contribution >= 0.6 is 0 Å². The Morgan fingerprint density at radius 1 is 0.780 bits per heavy atom. The summed E-state index contributed by atoms with van der Waals surface area (Å²) in [5, 5.41) is 0. The molecule has 0 saturated carbocycles. The first-order valence-corrected chi connectivity index (χ1v) is 15.6. The third-order valence-electron chi connectivity index (χ3n) is 8.05. The van der Waals surface area contributed by atoms with Crippen LogP contribution < -0.4 is 9.47 Å². The number of hydrogen-bond donors (Lipinski definition) is 0. The summed E-state index contributed by atoms with van der Waals surface area (Å²) in [7, 11) is 0. The Morgan fingerprint density at radius 3 is 2.37 bits per heavy atom. The molecule has 0 aromatic heterocycles. The highest BCUT2D eigenvalue weighted by Gasteiger charge is 2.22. The lowest BCUT2D eigenvalue weighted by Gasteiger charge is -2.24. The number of unbranched alkanes of at least 4 members (excludes halogenated alkanes) is 6. The molecule has 0 bridgehead atoms. The van der Waals surface area contributed by atoms with E-state index in [1.54, 1.807) is 0 Å². The number of fused-ring (bicyclic) bond motifs is 1. The molecule has 2 aliphatic rings. The summed E-state index contributed by atoms with van der Waals surface area (Å²) in [6.07, 6.45) is 14.4. The van der Waals surface area contributed by atoms with Gasteiger partial charge in [-0.05, 0) is 115 Å². The van der Waals surface area contributed by atoms with Crippen LogP contribution in [-0.4, -0.2) is 26.2 Å². The number of alkyl halides is 1. The number of rotatable bonds is 14. The molecule has 1 heterocycles. The van der Waals surface area contributed by atoms with Gasteiger partial charge in [-0.25, -0.2) is 0 Å². The normalized spacial score (nSPS) is 17.1. The molecule has 0 spiro atoms. The van der Waals surface area contributed by atoms with Crippen LogP contribution in [0.3, 0.4) is 0 Å². The lowest BCUT2D eigenvalue weighted by atomic mass is 9.88. The van der Waals surface area contributed by atoms with Gasteiger partial charge in [0, 0.05) is 6.42 Å². The maximum absolute atomic E-state index is 12.2. The highest BCUT2D eigenvalue weighted by Crippen LogP contribution is 2.41. The van der Waals surface area contributed by atoms with Crippen molar-refractivity contribution < 1.29 is 18.6 Å². The first-order chi connectivity index (χ1) is 20.3. The molecule has 3 nitrogen and oxygen atoms in total. The molecule has 4 heteroatoms. The van der Waals surface area contributed by atoms with Gasteiger partial charge in [-0.2, -0.15) is 0 Å². The smallest absolute Gasteiger partial charge is 0.199 e. The Bertz CT molecular complexity index is 1230. The van der Waals surface area contributed by atoms with E-state index in [0.29, 0.717) is 13.0 Å². The predicted octanol–water partition coefficient (Wildman–Crippen LogP) is 9.78. The van der Waals surface area contributed by atoms with E-state index in [1.165, 1.54) is 33.4 Å². The lowest BCUT2D eigenvalue weighted by Crippen LogP contribution is -2.25. The average molecular weight is 556 g/mol. The summed E-state index contributed by atoms with van der Waals surface area (Å²) in [5.74, 6) is 1.81. The molecule has 0 amide bonds. The molecular formula is C37H44FO3. The minimum absolute atomic E-state index is 0.138. The Labute approximate surface area is 245 Å². The van der Waals surface area contributed by atoms with Crippen LogP contribution in [0.5, 0.6) is 11.5 Å². The molecule has 3 aromatic carbocycles. The van der Waals surface area contributed by atoms with Gasteiger partial charge in [-0.3, -0.25) is 4.39 Å². The molecule has 1 fully saturated rings. The van der Waals surface area contributed by atoms with Crippen molar-refractivity contribution in [2.45, 2.75) is 83.3 Å². The summed E-state index contributed by atoms with van der Waals surface area (Å²) >= 11 is 0. The Balaban J connectivity index is 1.31. The van der Waals surface area contributed by atoms with Crippen LogP contribution in [0.25, 0.3) is 11.1 Å². The highest BCUT2D eigenvalue weighted by molar-refractivity contribution is 6.00. The van der Waals surface area contributed by atoms with Gasteiger partial charge >= 0.3 is 0 Å². The summed E-state index contributed by atoms with van der Waals surface area (Å²) in [5.41, 5.74) is 7.82. The van der Waals surface area contributed by atoms with Crippen LogP contribution in [0.1, 0.15) is 92.9 Å². The number of ether oxygens (including phenoxy) is 3. The number of benzene rings is 3. The molecule has 41 heavy (non-hydrogen) atoms. The fourth-order valence-corrected chi connectivity index (χ4v) is 5.88. The molecule has 1 aliphatic heterocycles. The standard InChI is InChI=1S/C37H44FO3/c38-25-10-4-2-1-3-5-11-26-39-32-21-19-30(20-22-32)37-34(29-14-7-6-8-15-29)17-13-16-31-28-33(23-24-35(31)37)41-36-18-9-12-27-40-36/h1,6-8,14-15,19-24,28,36H,2-5,9-13,16-18,25-27H2. The second-order valence-electron chi connectivity index (χ2n) is 11.1. The zero-order valence-electron chi connectivity index (χ0n) is 24.3. The molecule has 1 unspecified atom stereocenters. The summed E-state index contributed by atoms with van der Waals surface area (Å²) in [6.45, 7) is 1.29. The zero-order valence-corrected chi connectivity index (χ0v) is 24.3. The van der Waals surface area contributed by atoms with E-state index in [2.05, 4.69) is 79.2 Å². The van der Waals surface area contributed by atoms with Crippen molar-refractivity contribution in [2.75, 3.05) is 19.9 Å². The Kier molecular flexibility index (Phi) is 11.3. The maximum atomic E-state index is 12.2. The van der Waals surface area contributed by atoms with Crippen molar-refractivity contribution in [1.82, 2.24) is 0 Å². The van der Waals surface area contributed by atoms with Crippen molar-refractivity contribution in [3.63, 3.8) is 0 Å². The van der Waals surface area contributed by atoms with Gasteiger partial charge < -0.3 is 14.2 Å². The summed E-state index contributed by atoms with van der Waals surface area (Å²) < 4.78 is 30.3. The van der Waals surface area contributed by atoms with Gasteiger partial charge in [0.15, 0.2) is 6.29 Å². The average Bonchev–Trinajstić information content (AvgIpc) is 3.21. The predicted molar refractivity (Wildman–Crippen MR) is 166 cm³/mol. The Hall–Kier alpha value is -3.11. The van der Waals surface area contributed by atoms with Crippen LogP contribution in [0.4, 0.5) is 4.39 Å². The molecule has 1 aliphatic carbocycles. The van der Waals surface area contributed by atoms with Gasteiger partial charge in [0.2, 0.25) is 0 Å². The molecule has 1 radical (unpaired) electrons. The van der Waals surface area contributed by atoms with E-state index in [9.17, 15) is 4.39 Å². The summed E-state index contributed by atoms with van der Waals surface area (Å²) in [6, 6.07) is 26.0. The third kappa shape index (κ3) is 8.45. The second-order valence-corrected chi connectivity index (χ2v) is 11.1. The third-order valence-corrected chi connectivity index (χ3v) is 8.05. The van der Waals surface area contributed by atoms with Gasteiger partial charge in [0.25, 0.3) is 0 Å². The maximum Gasteiger partial charge on any atom is 0.199 e. The van der Waals surface area contributed by atoms with E-state index in [-0.39, 0.29) is 13.0 Å². The van der Waals surface area contributed by atoms with Crippen molar-refractivity contribution in [1.29, 1.82) is 0 Å². The topological polar surface area (TPSA) is 27.7 Å². The van der Waals surface area contributed by atoms with Gasteiger partial charge in [-0.1, -0.05) is 67.8 Å². The van der Waals surface area contributed by atoms with Crippen LogP contribution in [-0.2, 0) is 11.2 Å². The second kappa shape index (κ2) is 15.8. The van der Waals surface area contributed by atoms with Gasteiger partial charge in [0.1, 0.15) is 11.5 Å². The van der Waals surface area contributed by atoms with Crippen molar-refractivity contribution in [3.05, 3.63) is 101 Å². The van der Waals surface area contributed by atoms with E-state index in [1.807, 2.05) is 0 Å². The van der Waals surface area contributed by atoms with E-state index in [4.69, 9.17) is 14.2 Å². The van der Waals surface area contributed by atoms with E-state index >= 15 is 0 Å². The molecular weight excluding hydrogens is 511 g/mol. The van der Waals surface area contributed by atoms with Gasteiger partial charge in [0.05, 0.1) is 19.9 Å². The monoisotopic (exact) mass is 555 g/mol. The van der Waals surface area contributed by atoms with Crippen molar-refractivity contribution in [2.24, 2.45) is 0 Å². The Morgan fingerprint density at radius 2 is 1.59 bits per heavy atom. The number of halogens is 1. The number of allylic oxidation sites excluding steroid dienone is 1. The molecule has 3 aromatic rings.